The van der Waals surface area contributed by atoms with Crippen LogP contribution < -0.4 is 10.6 Å². The number of carbonyl (C=O) groups excluding carboxylic acids is 3. The second-order valence-corrected chi connectivity index (χ2v) is 5.33. The number of nitrogens with zero attached hydrogens (tertiary/aromatic N) is 1. The summed E-state index contributed by atoms with van der Waals surface area (Å²) >= 11 is 0. The molecule has 106 valence electrons. The van der Waals surface area contributed by atoms with E-state index in [9.17, 15) is 14.4 Å². The summed E-state index contributed by atoms with van der Waals surface area (Å²) in [6.07, 6.45) is 1.81. The van der Waals surface area contributed by atoms with Gasteiger partial charge < -0.3 is 10.6 Å². The average molecular weight is 267 g/mol. The van der Waals surface area contributed by atoms with Crippen molar-refractivity contribution in [2.75, 3.05) is 19.6 Å². The van der Waals surface area contributed by atoms with Crippen LogP contribution in [0, 0.1) is 5.92 Å². The second-order valence-electron chi connectivity index (χ2n) is 5.33. The van der Waals surface area contributed by atoms with Gasteiger partial charge in [-0.05, 0) is 18.9 Å². The molecular formula is C13H21N3O3. The number of carbonyl (C=O) groups is 3. The lowest BCUT2D eigenvalue weighted by Crippen LogP contribution is -2.50. The van der Waals surface area contributed by atoms with Crippen LogP contribution in [0.5, 0.6) is 0 Å². The molecule has 0 spiro atoms. The molecule has 2 saturated heterocycles. The van der Waals surface area contributed by atoms with E-state index in [1.54, 1.807) is 0 Å². The molecule has 6 nitrogen and oxygen atoms in total. The topological polar surface area (TPSA) is 78.5 Å². The quantitative estimate of drug-likeness (QED) is 0.682. The Morgan fingerprint density at radius 1 is 1.37 bits per heavy atom. The Balaban J connectivity index is 1.75. The lowest BCUT2D eigenvalue weighted by atomic mass is 9.95. The number of piperidine rings is 1. The number of likely N-dealkylation sites (tertiary alicyclic amines) is 1. The van der Waals surface area contributed by atoms with Crippen LogP contribution in [-0.2, 0) is 14.4 Å². The van der Waals surface area contributed by atoms with E-state index < -0.39 is 0 Å². The molecule has 0 saturated carbocycles. The summed E-state index contributed by atoms with van der Waals surface area (Å²) < 4.78 is 0. The fraction of sp³-hybridized carbons (Fsp3) is 0.769. The zero-order valence-electron chi connectivity index (χ0n) is 11.3. The van der Waals surface area contributed by atoms with Crippen molar-refractivity contribution < 1.29 is 14.4 Å². The predicted molar refractivity (Wildman–Crippen MR) is 69.2 cm³/mol. The van der Waals surface area contributed by atoms with Gasteiger partial charge in [0.2, 0.25) is 17.7 Å². The Morgan fingerprint density at radius 3 is 2.68 bits per heavy atom. The molecule has 2 unspecified atom stereocenters. The van der Waals surface area contributed by atoms with Crippen LogP contribution in [-0.4, -0.2) is 48.3 Å². The van der Waals surface area contributed by atoms with Gasteiger partial charge in [0, 0.05) is 38.4 Å². The van der Waals surface area contributed by atoms with Gasteiger partial charge in [0.25, 0.3) is 0 Å². The summed E-state index contributed by atoms with van der Waals surface area (Å²) in [5.74, 6) is 0.0457. The number of amides is 3. The molecule has 0 aromatic rings. The van der Waals surface area contributed by atoms with Gasteiger partial charge in [-0.1, -0.05) is 6.92 Å². The van der Waals surface area contributed by atoms with Crippen molar-refractivity contribution in [1.82, 2.24) is 15.5 Å². The molecule has 2 heterocycles. The van der Waals surface area contributed by atoms with Crippen LogP contribution in [0.3, 0.4) is 0 Å². The summed E-state index contributed by atoms with van der Waals surface area (Å²) in [7, 11) is 0. The minimum absolute atomic E-state index is 0.0898. The summed E-state index contributed by atoms with van der Waals surface area (Å²) in [6, 6.07) is 0.145. The third-order valence-corrected chi connectivity index (χ3v) is 3.89. The van der Waals surface area contributed by atoms with Gasteiger partial charge >= 0.3 is 0 Å². The van der Waals surface area contributed by atoms with Gasteiger partial charge in [0.05, 0.1) is 0 Å². The standard InChI is InChI=1S/C13H21N3O3/c1-9-4-6-14-8-10(9)15-11(17)5-7-16-12(18)2-3-13(16)19/h9-10,14H,2-8H2,1H3,(H,15,17). The van der Waals surface area contributed by atoms with E-state index in [4.69, 9.17) is 0 Å². The third-order valence-electron chi connectivity index (χ3n) is 3.89. The van der Waals surface area contributed by atoms with Crippen LogP contribution in [0.1, 0.15) is 32.6 Å². The molecule has 2 rings (SSSR count). The summed E-state index contributed by atoms with van der Waals surface area (Å²) in [5, 5.41) is 6.22. The molecule has 6 heteroatoms. The van der Waals surface area contributed by atoms with Gasteiger partial charge in [0.15, 0.2) is 0 Å². The first-order chi connectivity index (χ1) is 9.08. The maximum absolute atomic E-state index is 11.8. The van der Waals surface area contributed by atoms with Crippen LogP contribution in [0.15, 0.2) is 0 Å². The number of hydrogen-bond acceptors (Lipinski definition) is 4. The molecule has 0 aromatic carbocycles. The Labute approximate surface area is 112 Å². The van der Waals surface area contributed by atoms with Crippen molar-refractivity contribution in [3.8, 4) is 0 Å². The summed E-state index contributed by atoms with van der Waals surface area (Å²) in [4.78, 5) is 35.8. The Bertz CT molecular complexity index is 367. The molecule has 2 N–H and O–H groups in total. The molecule has 2 fully saturated rings. The first-order valence-corrected chi connectivity index (χ1v) is 6.91. The highest BCUT2D eigenvalue weighted by molar-refractivity contribution is 6.02. The van der Waals surface area contributed by atoms with E-state index in [2.05, 4.69) is 17.6 Å². The number of nitrogens with one attached hydrogen (secondary N) is 2. The van der Waals surface area contributed by atoms with Gasteiger partial charge in [-0.3, -0.25) is 19.3 Å². The maximum atomic E-state index is 11.8. The van der Waals surface area contributed by atoms with Crippen molar-refractivity contribution in [3.05, 3.63) is 0 Å². The van der Waals surface area contributed by atoms with E-state index in [-0.39, 0.29) is 49.6 Å². The molecule has 0 bridgehead atoms. The van der Waals surface area contributed by atoms with E-state index in [1.165, 1.54) is 4.90 Å². The molecule has 0 radical (unpaired) electrons. The Kier molecular flexibility index (Phi) is 4.52. The third kappa shape index (κ3) is 3.53. The van der Waals surface area contributed by atoms with Crippen LogP contribution in [0.2, 0.25) is 0 Å². The Morgan fingerprint density at radius 2 is 2.05 bits per heavy atom. The van der Waals surface area contributed by atoms with Crippen molar-refractivity contribution in [2.24, 2.45) is 5.92 Å². The predicted octanol–water partition coefficient (Wildman–Crippen LogP) is -0.360. The highest BCUT2D eigenvalue weighted by Gasteiger charge is 2.29. The number of hydrogen-bond donors (Lipinski definition) is 2. The van der Waals surface area contributed by atoms with Crippen molar-refractivity contribution >= 4 is 17.7 Å². The summed E-state index contributed by atoms with van der Waals surface area (Å²) in [5.41, 5.74) is 0. The highest BCUT2D eigenvalue weighted by Crippen LogP contribution is 2.13. The van der Waals surface area contributed by atoms with E-state index >= 15 is 0 Å². The number of imide groups is 1. The fourth-order valence-electron chi connectivity index (χ4n) is 2.55. The molecule has 0 aromatic heterocycles. The van der Waals surface area contributed by atoms with Crippen molar-refractivity contribution in [1.29, 1.82) is 0 Å². The van der Waals surface area contributed by atoms with E-state index in [1.807, 2.05) is 0 Å². The van der Waals surface area contributed by atoms with Crippen molar-refractivity contribution in [2.45, 2.75) is 38.6 Å². The first kappa shape index (κ1) is 14.0. The van der Waals surface area contributed by atoms with E-state index in [0.29, 0.717) is 5.92 Å². The average Bonchev–Trinajstić information content (AvgIpc) is 2.70. The van der Waals surface area contributed by atoms with Gasteiger partial charge in [0.1, 0.15) is 0 Å². The Hall–Kier alpha value is -1.43. The van der Waals surface area contributed by atoms with Crippen LogP contribution in [0.4, 0.5) is 0 Å². The molecule has 2 atom stereocenters. The minimum atomic E-state index is -0.162. The molecule has 3 amide bonds. The van der Waals surface area contributed by atoms with Gasteiger partial charge in [-0.15, -0.1) is 0 Å². The van der Waals surface area contributed by atoms with Gasteiger partial charge in [-0.2, -0.15) is 0 Å². The fourth-order valence-corrected chi connectivity index (χ4v) is 2.55. The smallest absolute Gasteiger partial charge is 0.229 e. The normalized spacial score (nSPS) is 27.7. The monoisotopic (exact) mass is 267 g/mol. The molecule has 2 aliphatic heterocycles. The van der Waals surface area contributed by atoms with Gasteiger partial charge in [-0.25, -0.2) is 0 Å². The maximum Gasteiger partial charge on any atom is 0.229 e. The summed E-state index contributed by atoms with van der Waals surface area (Å²) in [6.45, 7) is 4.11. The zero-order chi connectivity index (χ0) is 13.8. The lowest BCUT2D eigenvalue weighted by molar-refractivity contribution is -0.138. The van der Waals surface area contributed by atoms with Crippen molar-refractivity contribution in [3.63, 3.8) is 0 Å². The zero-order valence-corrected chi connectivity index (χ0v) is 11.3. The largest absolute Gasteiger partial charge is 0.352 e. The van der Waals surface area contributed by atoms with Crippen LogP contribution >= 0.6 is 0 Å². The molecule has 0 aliphatic carbocycles. The number of rotatable bonds is 4. The second kappa shape index (κ2) is 6.14. The lowest BCUT2D eigenvalue weighted by Gasteiger charge is -2.30. The van der Waals surface area contributed by atoms with Crippen LogP contribution in [0.25, 0.3) is 0 Å². The molecule has 19 heavy (non-hydrogen) atoms. The first-order valence-electron chi connectivity index (χ1n) is 6.91. The highest BCUT2D eigenvalue weighted by atomic mass is 16.2. The van der Waals surface area contributed by atoms with E-state index in [0.717, 1.165) is 19.5 Å². The molecule has 2 aliphatic rings. The SMILES string of the molecule is CC1CCNCC1NC(=O)CCN1C(=O)CCC1=O. The minimum Gasteiger partial charge on any atom is -0.352 e. The molecular weight excluding hydrogens is 246 g/mol.